The molecule has 1 N–H and O–H groups in total. The van der Waals surface area contributed by atoms with Gasteiger partial charge in [-0.3, -0.25) is 4.90 Å². The Hall–Kier alpha value is -1.63. The third-order valence-electron chi connectivity index (χ3n) is 5.00. The van der Waals surface area contributed by atoms with Gasteiger partial charge in [0.2, 0.25) is 0 Å². The number of ether oxygens (including phenoxy) is 2. The smallest absolute Gasteiger partial charge is 0.322 e. The lowest BCUT2D eigenvalue weighted by atomic mass is 10.1. The Morgan fingerprint density at radius 1 is 1.11 bits per heavy atom. The fraction of sp³-hybridized carbons (Fsp3) is 0.667. The minimum absolute atomic E-state index is 0.0334. The van der Waals surface area contributed by atoms with Crippen LogP contribution in [0.25, 0.3) is 0 Å². The average molecular weight is 376 g/mol. The monoisotopic (exact) mass is 375 g/mol. The third-order valence-corrected chi connectivity index (χ3v) is 5.00. The fourth-order valence-electron chi connectivity index (χ4n) is 4.24. The van der Waals surface area contributed by atoms with Gasteiger partial charge in [0.1, 0.15) is 0 Å². The van der Waals surface area contributed by atoms with Crippen molar-refractivity contribution in [3.63, 3.8) is 0 Å². The van der Waals surface area contributed by atoms with Crippen LogP contribution >= 0.6 is 0 Å². The van der Waals surface area contributed by atoms with E-state index in [9.17, 15) is 4.79 Å². The Bertz CT molecular complexity index is 654. The Morgan fingerprint density at radius 3 is 2.44 bits per heavy atom. The van der Waals surface area contributed by atoms with E-state index in [4.69, 9.17) is 9.47 Å². The lowest BCUT2D eigenvalue weighted by Gasteiger charge is -2.41. The summed E-state index contributed by atoms with van der Waals surface area (Å²) in [6.45, 7) is 14.1. The predicted molar refractivity (Wildman–Crippen MR) is 107 cm³/mol. The van der Waals surface area contributed by atoms with Crippen molar-refractivity contribution in [1.29, 1.82) is 0 Å². The first-order valence-electron chi connectivity index (χ1n) is 9.91. The van der Waals surface area contributed by atoms with E-state index in [2.05, 4.69) is 30.1 Å². The molecule has 2 aliphatic rings. The molecule has 2 saturated heterocycles. The molecule has 0 aliphatic carbocycles. The number of rotatable bonds is 3. The summed E-state index contributed by atoms with van der Waals surface area (Å²) >= 11 is 0. The van der Waals surface area contributed by atoms with Crippen molar-refractivity contribution in [2.45, 2.75) is 65.1 Å². The van der Waals surface area contributed by atoms with Crippen molar-refractivity contribution in [2.24, 2.45) is 0 Å². The molecule has 0 radical (unpaired) electrons. The molecule has 6 nitrogen and oxygen atoms in total. The predicted octanol–water partition coefficient (Wildman–Crippen LogP) is 3.33. The number of carbonyl (C=O) groups excluding carboxylic acids is 1. The number of para-hydroxylation sites is 1. The van der Waals surface area contributed by atoms with E-state index in [-0.39, 0.29) is 29.9 Å². The third kappa shape index (κ3) is 5.43. The molecule has 6 heteroatoms. The van der Waals surface area contributed by atoms with Crippen molar-refractivity contribution < 1.29 is 14.3 Å². The topological polar surface area (TPSA) is 54.0 Å². The summed E-state index contributed by atoms with van der Waals surface area (Å²) in [5, 5.41) is 3.12. The zero-order valence-electron chi connectivity index (χ0n) is 17.2. The van der Waals surface area contributed by atoms with Gasteiger partial charge >= 0.3 is 6.03 Å². The summed E-state index contributed by atoms with van der Waals surface area (Å²) < 4.78 is 11.7. The minimum atomic E-state index is -0.325. The van der Waals surface area contributed by atoms with Crippen LogP contribution in [0.3, 0.4) is 0 Å². The summed E-state index contributed by atoms with van der Waals surface area (Å²) in [6, 6.07) is 8.00. The highest BCUT2D eigenvalue weighted by molar-refractivity contribution is 5.90. The maximum absolute atomic E-state index is 12.9. The lowest BCUT2D eigenvalue weighted by molar-refractivity contribution is -0.116. The van der Waals surface area contributed by atoms with Crippen LogP contribution in [0, 0.1) is 0 Å². The first kappa shape index (κ1) is 20.1. The Balaban J connectivity index is 1.68. The summed E-state index contributed by atoms with van der Waals surface area (Å²) in [6.07, 6.45) is 0.492. The van der Waals surface area contributed by atoms with Gasteiger partial charge in [-0.1, -0.05) is 18.2 Å². The van der Waals surface area contributed by atoms with E-state index < -0.39 is 0 Å². The van der Waals surface area contributed by atoms with Gasteiger partial charge in [0, 0.05) is 31.9 Å². The molecule has 2 heterocycles. The maximum Gasteiger partial charge on any atom is 0.322 e. The molecule has 3 rings (SSSR count). The number of urea groups is 1. The zero-order chi connectivity index (χ0) is 19.6. The number of amides is 2. The molecule has 2 fully saturated rings. The Labute approximate surface area is 162 Å². The second-order valence-corrected chi connectivity index (χ2v) is 8.61. The van der Waals surface area contributed by atoms with E-state index in [1.165, 1.54) is 0 Å². The number of anilines is 1. The molecule has 2 aliphatic heterocycles. The normalized spacial score (nSPS) is 28.8. The minimum Gasteiger partial charge on any atom is -0.373 e. The molecular formula is C21H33N3O3. The largest absolute Gasteiger partial charge is 0.373 e. The summed E-state index contributed by atoms with van der Waals surface area (Å²) in [5.41, 5.74) is 1.69. The molecule has 3 atom stereocenters. The van der Waals surface area contributed by atoms with Crippen molar-refractivity contribution in [3.8, 4) is 0 Å². The first-order valence-corrected chi connectivity index (χ1v) is 9.91. The molecule has 2 amide bonds. The van der Waals surface area contributed by atoms with Gasteiger partial charge < -0.3 is 19.7 Å². The zero-order valence-corrected chi connectivity index (χ0v) is 17.2. The van der Waals surface area contributed by atoms with Gasteiger partial charge in [-0.2, -0.15) is 0 Å². The second kappa shape index (κ2) is 8.17. The van der Waals surface area contributed by atoms with Crippen molar-refractivity contribution in [2.75, 3.05) is 31.5 Å². The number of hydrogen-bond donors (Lipinski definition) is 1. The Morgan fingerprint density at radius 2 is 1.78 bits per heavy atom. The highest BCUT2D eigenvalue weighted by Crippen LogP contribution is 2.24. The average Bonchev–Trinajstić information content (AvgIpc) is 2.53. The number of nitrogens with zero attached hydrogens (tertiary/aromatic N) is 2. The highest BCUT2D eigenvalue weighted by atomic mass is 16.5. The molecule has 0 spiro atoms. The van der Waals surface area contributed by atoms with Crippen LogP contribution in [-0.4, -0.2) is 65.9 Å². The van der Waals surface area contributed by atoms with Crippen molar-refractivity contribution in [3.05, 3.63) is 29.8 Å². The molecule has 1 aromatic rings. The van der Waals surface area contributed by atoms with Gasteiger partial charge in [0.05, 0.1) is 30.5 Å². The van der Waals surface area contributed by atoms with Crippen LogP contribution in [0.5, 0.6) is 0 Å². The first-order chi connectivity index (χ1) is 12.7. The summed E-state index contributed by atoms with van der Waals surface area (Å²) in [7, 11) is 0. The lowest BCUT2D eigenvalue weighted by Crippen LogP contribution is -2.54. The number of hydrogen-bond acceptors (Lipinski definition) is 4. The van der Waals surface area contributed by atoms with Gasteiger partial charge in [0.15, 0.2) is 0 Å². The molecular weight excluding hydrogens is 342 g/mol. The van der Waals surface area contributed by atoms with E-state index in [1.54, 1.807) is 0 Å². The van der Waals surface area contributed by atoms with Crippen LogP contribution in [0.2, 0.25) is 0 Å². The molecule has 0 saturated carbocycles. The van der Waals surface area contributed by atoms with Crippen LogP contribution in [-0.2, 0) is 16.0 Å². The van der Waals surface area contributed by atoms with Gasteiger partial charge in [-0.15, -0.1) is 0 Å². The van der Waals surface area contributed by atoms with Crippen LogP contribution in [0.4, 0.5) is 10.5 Å². The fourth-order valence-corrected chi connectivity index (χ4v) is 4.24. The maximum atomic E-state index is 12.9. The summed E-state index contributed by atoms with van der Waals surface area (Å²) in [5.74, 6) is 0. The van der Waals surface area contributed by atoms with E-state index in [1.807, 2.05) is 43.9 Å². The van der Waals surface area contributed by atoms with Crippen molar-refractivity contribution >= 4 is 11.7 Å². The molecule has 0 bridgehead atoms. The van der Waals surface area contributed by atoms with E-state index in [0.29, 0.717) is 13.1 Å². The Kier molecular flexibility index (Phi) is 6.08. The highest BCUT2D eigenvalue weighted by Gasteiger charge is 2.34. The van der Waals surface area contributed by atoms with Gasteiger partial charge in [-0.25, -0.2) is 4.79 Å². The molecule has 3 unspecified atom stereocenters. The molecule has 0 aromatic heterocycles. The number of carbonyl (C=O) groups is 1. The summed E-state index contributed by atoms with van der Waals surface area (Å²) in [4.78, 5) is 17.1. The van der Waals surface area contributed by atoms with Crippen LogP contribution < -0.4 is 5.32 Å². The number of nitrogens with one attached hydrogen (secondary N) is 1. The van der Waals surface area contributed by atoms with Crippen LogP contribution in [0.1, 0.15) is 40.2 Å². The molecule has 1 aromatic carbocycles. The SMILES string of the molecule is CC1CN(Cc2ccccc2NC(=O)N2CC(C)OC(C)(C)C2)CC(C)O1. The number of benzene rings is 1. The van der Waals surface area contributed by atoms with Crippen molar-refractivity contribution in [1.82, 2.24) is 9.80 Å². The molecule has 27 heavy (non-hydrogen) atoms. The molecule has 150 valence electrons. The van der Waals surface area contributed by atoms with Gasteiger partial charge in [0.25, 0.3) is 0 Å². The van der Waals surface area contributed by atoms with Gasteiger partial charge in [-0.05, 0) is 46.2 Å². The van der Waals surface area contributed by atoms with Crippen LogP contribution in [0.15, 0.2) is 24.3 Å². The number of morpholine rings is 2. The van der Waals surface area contributed by atoms with E-state index in [0.717, 1.165) is 30.9 Å². The second-order valence-electron chi connectivity index (χ2n) is 8.61. The van der Waals surface area contributed by atoms with E-state index >= 15 is 0 Å². The quantitative estimate of drug-likeness (QED) is 0.880. The standard InChI is InChI=1S/C21H33N3O3/c1-15-10-23(11-16(2)26-15)13-18-8-6-7-9-19(18)22-20(25)24-12-17(3)27-21(4,5)14-24/h6-9,15-17H,10-14H2,1-5H3,(H,22,25).